The van der Waals surface area contributed by atoms with Crippen molar-refractivity contribution in [2.24, 2.45) is 0 Å². The molecule has 1 aromatic heterocycles. The van der Waals surface area contributed by atoms with Crippen molar-refractivity contribution in [3.8, 4) is 11.5 Å². The first-order valence-electron chi connectivity index (χ1n) is 11.5. The van der Waals surface area contributed by atoms with Gasteiger partial charge in [-0.05, 0) is 55.3 Å². The number of para-hydroxylation sites is 1. The third kappa shape index (κ3) is 4.16. The maximum Gasteiger partial charge on any atom is 0.246 e. The summed E-state index contributed by atoms with van der Waals surface area (Å²) in [6.07, 6.45) is 4.64. The van der Waals surface area contributed by atoms with Gasteiger partial charge in [-0.2, -0.15) is 0 Å². The van der Waals surface area contributed by atoms with Crippen LogP contribution in [0.2, 0.25) is 0 Å². The van der Waals surface area contributed by atoms with Crippen molar-refractivity contribution in [3.63, 3.8) is 0 Å². The molecule has 2 aliphatic heterocycles. The van der Waals surface area contributed by atoms with E-state index in [1.54, 1.807) is 4.90 Å². The van der Waals surface area contributed by atoms with Crippen molar-refractivity contribution >= 4 is 35.2 Å². The first-order chi connectivity index (χ1) is 17.1. The number of nitrogens with two attached hydrogens (primary N) is 1. The van der Waals surface area contributed by atoms with Gasteiger partial charge in [0.2, 0.25) is 5.91 Å². The van der Waals surface area contributed by atoms with E-state index in [1.165, 1.54) is 12.4 Å². The highest BCUT2D eigenvalue weighted by atomic mass is 16.5. The molecule has 2 aliphatic rings. The highest BCUT2D eigenvalue weighted by Crippen LogP contribution is 2.45. The number of benzene rings is 2. The van der Waals surface area contributed by atoms with Crippen LogP contribution in [-0.2, 0) is 9.59 Å². The summed E-state index contributed by atoms with van der Waals surface area (Å²) in [7, 11) is 0. The minimum Gasteiger partial charge on any atom is -0.457 e. The zero-order chi connectivity index (χ0) is 24.4. The van der Waals surface area contributed by atoms with E-state index in [1.807, 2.05) is 64.4 Å². The van der Waals surface area contributed by atoms with E-state index in [-0.39, 0.29) is 17.8 Å². The van der Waals surface area contributed by atoms with Gasteiger partial charge in [-0.25, -0.2) is 9.97 Å². The summed E-state index contributed by atoms with van der Waals surface area (Å²) < 4.78 is 5.90. The van der Waals surface area contributed by atoms with E-state index in [9.17, 15) is 9.59 Å². The number of hydrogen-bond acceptors (Lipinski definition) is 8. The molecule has 0 bridgehead atoms. The Bertz CT molecular complexity index is 1230. The number of fused-ring (bicyclic) bond motifs is 1. The Balaban J connectivity index is 1.46. The third-order valence-electron chi connectivity index (χ3n) is 6.39. The lowest BCUT2D eigenvalue weighted by Crippen LogP contribution is -2.49. The molecule has 178 valence electrons. The number of nitrogen functional groups attached to an aromatic ring is 1. The number of ether oxygens (including phenoxy) is 1. The van der Waals surface area contributed by atoms with Crippen molar-refractivity contribution in [2.45, 2.75) is 25.0 Å². The van der Waals surface area contributed by atoms with Gasteiger partial charge in [0.25, 0.3) is 0 Å². The monoisotopic (exact) mass is 470 g/mol. The van der Waals surface area contributed by atoms with Crippen molar-refractivity contribution in [1.82, 2.24) is 14.9 Å². The van der Waals surface area contributed by atoms with Crippen molar-refractivity contribution in [3.05, 3.63) is 73.6 Å². The number of aldehydes is 1. The quantitative estimate of drug-likeness (QED) is 0.413. The number of aromatic nitrogens is 2. The molecule has 3 heterocycles. The van der Waals surface area contributed by atoms with Gasteiger partial charge in [0, 0.05) is 24.8 Å². The molecule has 5 rings (SSSR count). The standard InChI is InChI=1S/C26H26N6O3/c1-2-23(34)30-14-6-7-19(30)15-31-22(16-33)32(24-25(27)28-17-29-26(24)31)18-10-12-21(13-11-18)35-20-8-4-3-5-9-20/h2-5,8-13,16-17,19,22H,1,6-7,14-15H2,(H2,27,28,29)/t19-,22?/m0/s1. The molecule has 9 heteroatoms. The molecule has 2 aromatic carbocycles. The zero-order valence-corrected chi connectivity index (χ0v) is 19.2. The van der Waals surface area contributed by atoms with E-state index in [4.69, 9.17) is 10.5 Å². The van der Waals surface area contributed by atoms with Gasteiger partial charge in [0.15, 0.2) is 24.1 Å². The van der Waals surface area contributed by atoms with E-state index < -0.39 is 6.17 Å². The van der Waals surface area contributed by atoms with Crippen LogP contribution in [0.5, 0.6) is 11.5 Å². The van der Waals surface area contributed by atoms with Gasteiger partial charge in [0.1, 0.15) is 23.5 Å². The minimum atomic E-state index is -0.689. The molecule has 1 fully saturated rings. The topological polar surface area (TPSA) is 105 Å². The molecule has 0 spiro atoms. The molecule has 1 amide bonds. The van der Waals surface area contributed by atoms with Crippen LogP contribution in [0.4, 0.5) is 23.0 Å². The number of carbonyl (C=O) groups excluding carboxylic acids is 2. The summed E-state index contributed by atoms with van der Waals surface area (Å²) in [5, 5.41) is 0. The minimum absolute atomic E-state index is 0.0615. The first-order valence-corrected chi connectivity index (χ1v) is 11.5. The van der Waals surface area contributed by atoms with Crippen LogP contribution >= 0.6 is 0 Å². The SMILES string of the molecule is C=CC(=O)N1CCC[C@H]1CN1c2ncnc(N)c2N(c2ccc(Oc3ccccc3)cc2)C1C=O. The number of hydrogen-bond donors (Lipinski definition) is 1. The summed E-state index contributed by atoms with van der Waals surface area (Å²) in [5.41, 5.74) is 7.60. The number of likely N-dealkylation sites (tertiary alicyclic amines) is 1. The largest absolute Gasteiger partial charge is 0.457 e. The Hall–Kier alpha value is -4.40. The molecule has 1 saturated heterocycles. The van der Waals surface area contributed by atoms with E-state index >= 15 is 0 Å². The lowest BCUT2D eigenvalue weighted by molar-refractivity contribution is -0.126. The van der Waals surface area contributed by atoms with Crippen molar-refractivity contribution in [2.75, 3.05) is 28.6 Å². The molecule has 35 heavy (non-hydrogen) atoms. The maximum atomic E-state index is 12.4. The highest BCUT2D eigenvalue weighted by Gasteiger charge is 2.42. The number of amides is 1. The summed E-state index contributed by atoms with van der Waals surface area (Å²) in [5.74, 6) is 2.14. The molecule has 1 unspecified atom stereocenters. The average Bonchev–Trinajstić information content (AvgIpc) is 3.48. The van der Waals surface area contributed by atoms with Gasteiger partial charge < -0.3 is 25.2 Å². The van der Waals surface area contributed by atoms with Crippen LogP contribution in [0.15, 0.2) is 73.6 Å². The fourth-order valence-electron chi connectivity index (χ4n) is 4.79. The fraction of sp³-hybridized carbons (Fsp3) is 0.231. The summed E-state index contributed by atoms with van der Waals surface area (Å²) in [6.45, 7) is 4.73. The van der Waals surface area contributed by atoms with Gasteiger partial charge in [-0.15, -0.1) is 0 Å². The summed E-state index contributed by atoms with van der Waals surface area (Å²) >= 11 is 0. The molecule has 3 aromatic rings. The van der Waals surface area contributed by atoms with Gasteiger partial charge in [-0.3, -0.25) is 9.59 Å². The molecule has 0 saturated carbocycles. The van der Waals surface area contributed by atoms with Gasteiger partial charge in [-0.1, -0.05) is 24.8 Å². The third-order valence-corrected chi connectivity index (χ3v) is 6.39. The number of nitrogens with zero attached hydrogens (tertiary/aromatic N) is 5. The molecule has 2 N–H and O–H groups in total. The zero-order valence-electron chi connectivity index (χ0n) is 19.2. The Labute approximate surface area is 203 Å². The molecule has 9 nitrogen and oxygen atoms in total. The Kier molecular flexibility index (Phi) is 6.05. The maximum absolute atomic E-state index is 12.4. The fourth-order valence-corrected chi connectivity index (χ4v) is 4.79. The van der Waals surface area contributed by atoms with Crippen LogP contribution in [0.25, 0.3) is 0 Å². The van der Waals surface area contributed by atoms with Crippen LogP contribution < -0.4 is 20.3 Å². The molecule has 0 radical (unpaired) electrons. The van der Waals surface area contributed by atoms with Gasteiger partial charge in [0.05, 0.1) is 0 Å². The second kappa shape index (κ2) is 9.46. The average molecular weight is 471 g/mol. The Morgan fingerprint density at radius 2 is 1.86 bits per heavy atom. The van der Waals surface area contributed by atoms with Crippen LogP contribution in [0.1, 0.15) is 12.8 Å². The predicted molar refractivity (Wildman–Crippen MR) is 134 cm³/mol. The van der Waals surface area contributed by atoms with Crippen LogP contribution in [0, 0.1) is 0 Å². The Morgan fingerprint density at radius 1 is 1.11 bits per heavy atom. The number of anilines is 4. The molecule has 2 atom stereocenters. The second-order valence-electron chi connectivity index (χ2n) is 8.44. The lowest BCUT2D eigenvalue weighted by Gasteiger charge is -2.32. The highest BCUT2D eigenvalue weighted by molar-refractivity contribution is 5.94. The lowest BCUT2D eigenvalue weighted by atomic mass is 10.2. The van der Waals surface area contributed by atoms with E-state index in [0.29, 0.717) is 30.3 Å². The first kappa shape index (κ1) is 22.4. The molecular weight excluding hydrogens is 444 g/mol. The molecule has 0 aliphatic carbocycles. The second-order valence-corrected chi connectivity index (χ2v) is 8.44. The Morgan fingerprint density at radius 3 is 2.57 bits per heavy atom. The molecular formula is C26H26N6O3. The van der Waals surface area contributed by atoms with Gasteiger partial charge >= 0.3 is 0 Å². The normalized spacial score (nSPS) is 18.9. The van der Waals surface area contributed by atoms with E-state index in [2.05, 4.69) is 16.5 Å². The smallest absolute Gasteiger partial charge is 0.246 e. The van der Waals surface area contributed by atoms with E-state index in [0.717, 1.165) is 30.6 Å². The number of rotatable bonds is 7. The number of carbonyl (C=O) groups is 2. The van der Waals surface area contributed by atoms with Crippen LogP contribution in [0.3, 0.4) is 0 Å². The van der Waals surface area contributed by atoms with Crippen LogP contribution in [-0.4, -0.2) is 52.4 Å². The summed E-state index contributed by atoms with van der Waals surface area (Å²) in [6, 6.07) is 16.9. The summed E-state index contributed by atoms with van der Waals surface area (Å²) in [4.78, 5) is 39.0. The predicted octanol–water partition coefficient (Wildman–Crippen LogP) is 3.51. The van der Waals surface area contributed by atoms with Crippen molar-refractivity contribution in [1.29, 1.82) is 0 Å². The van der Waals surface area contributed by atoms with Crippen molar-refractivity contribution < 1.29 is 14.3 Å².